The van der Waals surface area contributed by atoms with E-state index in [1.54, 1.807) is 50.2 Å². The number of hydrogen-bond donors (Lipinski definition) is 1. The Hall–Kier alpha value is -2.29. The molecule has 10 heteroatoms. The molecule has 0 aliphatic rings. The fourth-order valence-electron chi connectivity index (χ4n) is 3.63. The van der Waals surface area contributed by atoms with Gasteiger partial charge in [-0.3, -0.25) is 13.9 Å². The van der Waals surface area contributed by atoms with E-state index < -0.39 is 34.1 Å². The molecule has 0 aliphatic carbocycles. The lowest BCUT2D eigenvalue weighted by molar-refractivity contribution is -0.141. The minimum Gasteiger partial charge on any atom is -0.350 e. The van der Waals surface area contributed by atoms with Gasteiger partial charge in [-0.2, -0.15) is 0 Å². The monoisotopic (exact) mass is 541 g/mol. The molecule has 1 unspecified atom stereocenters. The van der Waals surface area contributed by atoms with E-state index in [9.17, 15) is 18.0 Å². The number of halogens is 2. The van der Waals surface area contributed by atoms with Crippen LogP contribution in [0.3, 0.4) is 0 Å². The number of rotatable bonds is 9. The minimum atomic E-state index is -3.85. The number of carbonyl (C=O) groups excluding carboxylic acids is 2. The Morgan fingerprint density at radius 3 is 2.26 bits per heavy atom. The molecule has 1 N–H and O–H groups in total. The van der Waals surface area contributed by atoms with Crippen molar-refractivity contribution in [2.75, 3.05) is 17.1 Å². The number of hydrogen-bond acceptors (Lipinski definition) is 4. The first-order chi connectivity index (χ1) is 16.1. The molecule has 0 fully saturated rings. The normalized spacial score (nSPS) is 12.7. The largest absolute Gasteiger partial charge is 0.350 e. The van der Waals surface area contributed by atoms with Crippen LogP contribution in [0, 0.1) is 6.92 Å². The van der Waals surface area contributed by atoms with Gasteiger partial charge in [0.25, 0.3) is 0 Å². The van der Waals surface area contributed by atoms with Gasteiger partial charge >= 0.3 is 0 Å². The SMILES string of the molecule is CCC(C(=O)NC(C)(C)C)N(Cc1ccccc1Cl)C(=O)CN(c1cc(Cl)ccc1C)S(C)(=O)=O. The quantitative estimate of drug-likeness (QED) is 0.494. The molecule has 0 aromatic heterocycles. The van der Waals surface area contributed by atoms with E-state index in [1.807, 2.05) is 20.8 Å². The van der Waals surface area contributed by atoms with Crippen molar-refractivity contribution in [1.82, 2.24) is 10.2 Å². The third-order valence-corrected chi connectivity index (χ3v) is 7.03. The Bertz CT molecular complexity index is 1180. The zero-order valence-electron chi connectivity index (χ0n) is 20.9. The zero-order valence-corrected chi connectivity index (χ0v) is 23.3. The third kappa shape index (κ3) is 8.12. The standard InChI is InChI=1S/C25H33Cl2N3O4S/c1-7-21(24(32)28-25(3,4)5)29(15-18-10-8-9-11-20(18)27)23(31)16-30(35(6,33)34)22-14-19(26)13-12-17(22)2/h8-14,21H,7,15-16H2,1-6H3,(H,28,32). The highest BCUT2D eigenvalue weighted by Crippen LogP contribution is 2.27. The highest BCUT2D eigenvalue weighted by atomic mass is 35.5. The van der Waals surface area contributed by atoms with Gasteiger partial charge in [-0.1, -0.05) is 54.4 Å². The summed E-state index contributed by atoms with van der Waals surface area (Å²) in [6, 6.07) is 11.0. The smallest absolute Gasteiger partial charge is 0.244 e. The molecule has 0 aliphatic heterocycles. The second-order valence-corrected chi connectivity index (χ2v) is 12.2. The molecule has 2 aromatic carbocycles. The maximum Gasteiger partial charge on any atom is 0.244 e. The van der Waals surface area contributed by atoms with Crippen LogP contribution in [0.5, 0.6) is 0 Å². The van der Waals surface area contributed by atoms with Crippen molar-refractivity contribution in [2.45, 2.75) is 59.2 Å². The molecular formula is C25H33Cl2N3O4S. The lowest BCUT2D eigenvalue weighted by Crippen LogP contribution is -2.55. The van der Waals surface area contributed by atoms with E-state index >= 15 is 0 Å². The summed E-state index contributed by atoms with van der Waals surface area (Å²) in [5.41, 5.74) is 1.08. The molecule has 2 aromatic rings. The molecule has 0 saturated carbocycles. The van der Waals surface area contributed by atoms with Crippen molar-refractivity contribution >= 4 is 50.7 Å². The number of amides is 2. The highest BCUT2D eigenvalue weighted by Gasteiger charge is 2.33. The van der Waals surface area contributed by atoms with Crippen LogP contribution in [0.15, 0.2) is 42.5 Å². The minimum absolute atomic E-state index is 0.0424. The van der Waals surface area contributed by atoms with Crippen molar-refractivity contribution in [1.29, 1.82) is 0 Å². The molecule has 192 valence electrons. The van der Waals surface area contributed by atoms with Crippen LogP contribution in [-0.2, 0) is 26.2 Å². The fraction of sp³-hybridized carbons (Fsp3) is 0.440. The summed E-state index contributed by atoms with van der Waals surface area (Å²) >= 11 is 12.5. The first-order valence-corrected chi connectivity index (χ1v) is 13.8. The summed E-state index contributed by atoms with van der Waals surface area (Å²) in [4.78, 5) is 28.3. The van der Waals surface area contributed by atoms with Crippen molar-refractivity contribution in [3.05, 3.63) is 63.6 Å². The van der Waals surface area contributed by atoms with Crippen LogP contribution in [0.25, 0.3) is 0 Å². The molecule has 7 nitrogen and oxygen atoms in total. The van der Waals surface area contributed by atoms with Gasteiger partial charge in [0, 0.05) is 22.1 Å². The highest BCUT2D eigenvalue weighted by molar-refractivity contribution is 7.92. The topological polar surface area (TPSA) is 86.8 Å². The van der Waals surface area contributed by atoms with Crippen LogP contribution in [-0.4, -0.2) is 49.5 Å². The summed E-state index contributed by atoms with van der Waals surface area (Å²) < 4.78 is 26.5. The van der Waals surface area contributed by atoms with Crippen LogP contribution in [0.1, 0.15) is 45.2 Å². The Labute approximate surface area is 218 Å². The second-order valence-electron chi connectivity index (χ2n) is 9.48. The number of carbonyl (C=O) groups is 2. The van der Waals surface area contributed by atoms with Gasteiger partial charge in [-0.15, -0.1) is 0 Å². The average molecular weight is 543 g/mol. The second kappa shape index (κ2) is 11.6. The summed E-state index contributed by atoms with van der Waals surface area (Å²) in [5, 5.41) is 3.71. The number of sulfonamides is 1. The van der Waals surface area contributed by atoms with Crippen molar-refractivity contribution in [2.24, 2.45) is 0 Å². The van der Waals surface area contributed by atoms with Crippen molar-refractivity contribution < 1.29 is 18.0 Å². The first-order valence-electron chi connectivity index (χ1n) is 11.2. The van der Waals surface area contributed by atoms with Gasteiger partial charge in [0.15, 0.2) is 0 Å². The van der Waals surface area contributed by atoms with E-state index in [-0.39, 0.29) is 12.5 Å². The average Bonchev–Trinajstić information content (AvgIpc) is 2.73. The van der Waals surface area contributed by atoms with Gasteiger partial charge in [0.1, 0.15) is 12.6 Å². The zero-order chi connectivity index (χ0) is 26.6. The Morgan fingerprint density at radius 2 is 1.71 bits per heavy atom. The molecule has 2 amide bonds. The Kier molecular flexibility index (Phi) is 9.62. The summed E-state index contributed by atoms with van der Waals surface area (Å²) in [6.45, 7) is 8.64. The van der Waals surface area contributed by atoms with E-state index in [4.69, 9.17) is 23.2 Å². The number of nitrogens with zero attached hydrogens (tertiary/aromatic N) is 2. The van der Waals surface area contributed by atoms with Crippen LogP contribution >= 0.6 is 23.2 Å². The predicted molar refractivity (Wildman–Crippen MR) is 142 cm³/mol. The lowest BCUT2D eigenvalue weighted by atomic mass is 10.1. The van der Waals surface area contributed by atoms with E-state index in [0.29, 0.717) is 33.3 Å². The maximum absolute atomic E-state index is 13.7. The van der Waals surface area contributed by atoms with Gasteiger partial charge < -0.3 is 10.2 Å². The Morgan fingerprint density at radius 1 is 1.09 bits per heavy atom. The molecule has 1 atom stereocenters. The van der Waals surface area contributed by atoms with Gasteiger partial charge in [-0.25, -0.2) is 8.42 Å². The molecule has 0 heterocycles. The van der Waals surface area contributed by atoms with E-state index in [2.05, 4.69) is 5.32 Å². The van der Waals surface area contributed by atoms with Gasteiger partial charge in [0.05, 0.1) is 11.9 Å². The number of aryl methyl sites for hydroxylation is 1. The van der Waals surface area contributed by atoms with Crippen LogP contribution < -0.4 is 9.62 Å². The van der Waals surface area contributed by atoms with Crippen molar-refractivity contribution in [3.63, 3.8) is 0 Å². The van der Waals surface area contributed by atoms with Crippen LogP contribution in [0.4, 0.5) is 5.69 Å². The molecule has 0 spiro atoms. The molecule has 0 radical (unpaired) electrons. The fourth-order valence-corrected chi connectivity index (χ4v) is 4.89. The number of anilines is 1. The predicted octanol–water partition coefficient (Wildman–Crippen LogP) is 4.79. The van der Waals surface area contributed by atoms with E-state index in [0.717, 1.165) is 10.6 Å². The first kappa shape index (κ1) is 28.9. The Balaban J connectivity index is 2.52. The van der Waals surface area contributed by atoms with Gasteiger partial charge in [-0.05, 0) is 63.4 Å². The van der Waals surface area contributed by atoms with Crippen molar-refractivity contribution in [3.8, 4) is 0 Å². The van der Waals surface area contributed by atoms with Crippen LogP contribution in [0.2, 0.25) is 10.0 Å². The molecule has 0 saturated heterocycles. The maximum atomic E-state index is 13.7. The summed E-state index contributed by atoms with van der Waals surface area (Å²) in [6.07, 6.45) is 1.36. The molecular weight excluding hydrogens is 509 g/mol. The number of nitrogens with one attached hydrogen (secondary N) is 1. The third-order valence-electron chi connectivity index (χ3n) is 5.30. The summed E-state index contributed by atoms with van der Waals surface area (Å²) in [7, 11) is -3.85. The molecule has 0 bridgehead atoms. The lowest BCUT2D eigenvalue weighted by Gasteiger charge is -2.35. The van der Waals surface area contributed by atoms with E-state index in [1.165, 1.54) is 11.0 Å². The summed E-state index contributed by atoms with van der Waals surface area (Å²) in [5.74, 6) is -0.865. The molecule has 35 heavy (non-hydrogen) atoms. The van der Waals surface area contributed by atoms with Gasteiger partial charge in [0.2, 0.25) is 21.8 Å². The number of benzene rings is 2. The molecule has 2 rings (SSSR count).